The Balaban J connectivity index is 1.64. The fourth-order valence-corrected chi connectivity index (χ4v) is 3.25. The third-order valence-electron chi connectivity index (χ3n) is 5.08. The van der Waals surface area contributed by atoms with E-state index in [9.17, 15) is 23.1 Å². The topological polar surface area (TPSA) is 55.8 Å². The van der Waals surface area contributed by atoms with Gasteiger partial charge in [0.05, 0.1) is 5.56 Å². The Kier molecular flexibility index (Phi) is 7.66. The smallest absolute Gasteiger partial charge is 0.416 e. The van der Waals surface area contributed by atoms with Crippen LogP contribution < -0.4 is 4.74 Å². The predicted octanol–water partition coefficient (Wildman–Crippen LogP) is 5.59. The number of hydrogen-bond donors (Lipinski definition) is 1. The van der Waals surface area contributed by atoms with E-state index in [-0.39, 0.29) is 13.0 Å². The van der Waals surface area contributed by atoms with Crippen LogP contribution in [0.1, 0.15) is 29.0 Å². The van der Waals surface area contributed by atoms with E-state index < -0.39 is 23.9 Å². The highest BCUT2D eigenvalue weighted by atomic mass is 19.4. The molecule has 0 aliphatic carbocycles. The molecule has 0 saturated heterocycles. The van der Waals surface area contributed by atoms with Crippen LogP contribution in [0.4, 0.5) is 13.2 Å². The molecule has 4 nitrogen and oxygen atoms in total. The number of methoxy groups -OCH3 is 1. The van der Waals surface area contributed by atoms with E-state index in [1.165, 1.54) is 19.2 Å². The number of hydrogen-bond acceptors (Lipinski definition) is 4. The minimum absolute atomic E-state index is 0.164. The standard InChI is InChI=1S/C25H23F3O4/c1-31-24(30)14-21(15-29)19-7-11-23(12-8-19)32-16-17-3-2-4-20(13-17)18-5-9-22(10-6-18)25(26,27)28/h2-13,15,21,24,30H,14,16H2,1H3/t21-,24?/m1/s1. The molecule has 3 aromatic rings. The molecule has 0 heterocycles. The van der Waals surface area contributed by atoms with Gasteiger partial charge in [-0.3, -0.25) is 0 Å². The predicted molar refractivity (Wildman–Crippen MR) is 114 cm³/mol. The van der Waals surface area contributed by atoms with Crippen LogP contribution in [0.2, 0.25) is 0 Å². The van der Waals surface area contributed by atoms with Crippen molar-refractivity contribution in [3.8, 4) is 16.9 Å². The summed E-state index contributed by atoms with van der Waals surface area (Å²) in [5.74, 6) is 0.116. The summed E-state index contributed by atoms with van der Waals surface area (Å²) in [5.41, 5.74) is 2.40. The molecule has 1 N–H and O–H groups in total. The minimum Gasteiger partial charge on any atom is -0.489 e. The fourth-order valence-electron chi connectivity index (χ4n) is 3.25. The van der Waals surface area contributed by atoms with E-state index in [1.54, 1.807) is 24.3 Å². The summed E-state index contributed by atoms with van der Waals surface area (Å²) in [4.78, 5) is 11.3. The van der Waals surface area contributed by atoms with E-state index in [0.29, 0.717) is 11.3 Å². The number of halogens is 3. The fraction of sp³-hybridized carbons (Fsp3) is 0.240. The summed E-state index contributed by atoms with van der Waals surface area (Å²) in [6.07, 6.45) is -4.45. The molecule has 1 unspecified atom stereocenters. The highest BCUT2D eigenvalue weighted by Crippen LogP contribution is 2.31. The van der Waals surface area contributed by atoms with E-state index in [4.69, 9.17) is 9.47 Å². The molecule has 3 rings (SSSR count). The number of aliphatic hydroxyl groups excluding tert-OH is 1. The third-order valence-corrected chi connectivity index (χ3v) is 5.08. The Hall–Kier alpha value is -3.16. The summed E-state index contributed by atoms with van der Waals surface area (Å²) >= 11 is 0. The van der Waals surface area contributed by atoms with Gasteiger partial charge in [-0.1, -0.05) is 42.5 Å². The van der Waals surface area contributed by atoms with Crippen molar-refractivity contribution >= 4 is 6.29 Å². The number of carbonyl (C=O) groups is 1. The first kappa shape index (κ1) is 23.5. The maximum absolute atomic E-state index is 12.8. The average molecular weight is 444 g/mol. The normalized spacial score (nSPS) is 13.4. The number of aldehydes is 1. The molecule has 0 spiro atoms. The Morgan fingerprint density at radius 3 is 2.25 bits per heavy atom. The number of aliphatic hydroxyl groups is 1. The summed E-state index contributed by atoms with van der Waals surface area (Å²) in [7, 11) is 1.37. The van der Waals surface area contributed by atoms with Crippen LogP contribution in [-0.4, -0.2) is 24.8 Å². The monoisotopic (exact) mass is 444 g/mol. The van der Waals surface area contributed by atoms with E-state index in [2.05, 4.69) is 0 Å². The van der Waals surface area contributed by atoms with Crippen LogP contribution in [0.25, 0.3) is 11.1 Å². The molecule has 0 radical (unpaired) electrons. The van der Waals surface area contributed by atoms with Crippen molar-refractivity contribution < 1.29 is 32.5 Å². The van der Waals surface area contributed by atoms with Crippen LogP contribution in [0, 0.1) is 0 Å². The van der Waals surface area contributed by atoms with Crippen LogP contribution in [-0.2, 0) is 22.3 Å². The van der Waals surface area contributed by atoms with Crippen molar-refractivity contribution in [3.05, 3.63) is 89.5 Å². The summed E-state index contributed by atoms with van der Waals surface area (Å²) in [5, 5.41) is 9.58. The average Bonchev–Trinajstić information content (AvgIpc) is 2.81. The van der Waals surface area contributed by atoms with Gasteiger partial charge >= 0.3 is 6.18 Å². The van der Waals surface area contributed by atoms with E-state index in [1.807, 2.05) is 24.3 Å². The first-order valence-corrected chi connectivity index (χ1v) is 9.95. The second-order valence-electron chi connectivity index (χ2n) is 7.30. The second kappa shape index (κ2) is 10.4. The zero-order chi connectivity index (χ0) is 23.1. The summed E-state index contributed by atoms with van der Waals surface area (Å²) < 4.78 is 48.9. The van der Waals surface area contributed by atoms with Crippen LogP contribution in [0.15, 0.2) is 72.8 Å². The van der Waals surface area contributed by atoms with Gasteiger partial charge in [0.15, 0.2) is 6.29 Å². The van der Waals surface area contributed by atoms with E-state index in [0.717, 1.165) is 35.1 Å². The Labute approximate surface area is 184 Å². The van der Waals surface area contributed by atoms with Gasteiger partial charge in [0.2, 0.25) is 0 Å². The van der Waals surface area contributed by atoms with Gasteiger partial charge in [-0.15, -0.1) is 0 Å². The molecule has 0 aliphatic heterocycles. The number of alkyl halides is 3. The number of rotatable bonds is 9. The number of benzene rings is 3. The Morgan fingerprint density at radius 2 is 1.66 bits per heavy atom. The molecule has 7 heteroatoms. The molecule has 0 fully saturated rings. The highest BCUT2D eigenvalue weighted by molar-refractivity contribution is 5.64. The zero-order valence-electron chi connectivity index (χ0n) is 17.4. The quantitative estimate of drug-likeness (QED) is 0.345. The first-order valence-electron chi connectivity index (χ1n) is 9.95. The SMILES string of the molecule is COC(O)C[C@H](C=O)c1ccc(OCc2cccc(-c3ccc(C(F)(F)F)cc3)c2)cc1. The molecular weight excluding hydrogens is 421 g/mol. The van der Waals surface area contributed by atoms with Gasteiger partial charge in [-0.25, -0.2) is 0 Å². The molecule has 168 valence electrons. The molecule has 32 heavy (non-hydrogen) atoms. The van der Waals surface area contributed by atoms with Gasteiger partial charge in [-0.2, -0.15) is 13.2 Å². The maximum Gasteiger partial charge on any atom is 0.416 e. The van der Waals surface area contributed by atoms with Crippen molar-refractivity contribution in [1.29, 1.82) is 0 Å². The van der Waals surface area contributed by atoms with Crippen LogP contribution in [0.3, 0.4) is 0 Å². The van der Waals surface area contributed by atoms with Gasteiger partial charge in [0.25, 0.3) is 0 Å². The van der Waals surface area contributed by atoms with Crippen LogP contribution in [0.5, 0.6) is 5.75 Å². The molecule has 3 aromatic carbocycles. The van der Waals surface area contributed by atoms with Crippen molar-refractivity contribution in [2.24, 2.45) is 0 Å². The van der Waals surface area contributed by atoms with Gasteiger partial charge in [0.1, 0.15) is 18.6 Å². The molecule has 0 amide bonds. The molecule has 0 aromatic heterocycles. The molecule has 0 saturated carbocycles. The largest absolute Gasteiger partial charge is 0.489 e. The lowest BCUT2D eigenvalue weighted by atomic mass is 9.97. The maximum atomic E-state index is 12.8. The van der Waals surface area contributed by atoms with Crippen molar-refractivity contribution in [2.45, 2.75) is 31.4 Å². The van der Waals surface area contributed by atoms with Gasteiger partial charge < -0.3 is 19.4 Å². The lowest BCUT2D eigenvalue weighted by Gasteiger charge is -2.15. The molecule has 0 aliphatic rings. The molecule has 0 bridgehead atoms. The molecule has 2 atom stereocenters. The zero-order valence-corrected chi connectivity index (χ0v) is 17.4. The Bertz CT molecular complexity index is 1010. The van der Waals surface area contributed by atoms with Crippen molar-refractivity contribution in [1.82, 2.24) is 0 Å². The minimum atomic E-state index is -4.36. The second-order valence-corrected chi connectivity index (χ2v) is 7.30. The summed E-state index contributed by atoms with van der Waals surface area (Å²) in [6, 6.07) is 19.4. The summed E-state index contributed by atoms with van der Waals surface area (Å²) in [6.45, 7) is 0.271. The van der Waals surface area contributed by atoms with Gasteiger partial charge in [0, 0.05) is 19.4 Å². The van der Waals surface area contributed by atoms with Gasteiger partial charge in [-0.05, 0) is 52.6 Å². The number of ether oxygens (including phenoxy) is 2. The first-order chi connectivity index (χ1) is 15.3. The van der Waals surface area contributed by atoms with Crippen molar-refractivity contribution in [2.75, 3.05) is 7.11 Å². The van der Waals surface area contributed by atoms with Crippen molar-refractivity contribution in [3.63, 3.8) is 0 Å². The lowest BCUT2D eigenvalue weighted by molar-refractivity contribution is -0.137. The Morgan fingerprint density at radius 1 is 0.969 bits per heavy atom. The lowest BCUT2D eigenvalue weighted by Crippen LogP contribution is -2.15. The molecular formula is C25H23F3O4. The highest BCUT2D eigenvalue weighted by Gasteiger charge is 2.29. The van der Waals surface area contributed by atoms with E-state index >= 15 is 0 Å². The van der Waals surface area contributed by atoms with Crippen LogP contribution >= 0.6 is 0 Å². The third kappa shape index (κ3) is 6.18. The number of carbonyl (C=O) groups excluding carboxylic acids is 1.